The second-order valence-electron chi connectivity index (χ2n) is 3.01. The van der Waals surface area contributed by atoms with Gasteiger partial charge in [0.2, 0.25) is 5.82 Å². The fourth-order valence-electron chi connectivity index (χ4n) is 1.29. The molecule has 0 radical (unpaired) electrons. The minimum absolute atomic E-state index is 0.000880. The number of hydrogen-bond donors (Lipinski definition) is 1. The van der Waals surface area contributed by atoms with Crippen LogP contribution >= 0.6 is 0 Å². The van der Waals surface area contributed by atoms with Crippen LogP contribution in [0.3, 0.4) is 0 Å². The predicted octanol–water partition coefficient (Wildman–Crippen LogP) is 1.64. The first-order chi connectivity index (χ1) is 7.49. The molecule has 16 heavy (non-hydrogen) atoms. The lowest BCUT2D eigenvalue weighted by Gasteiger charge is -2.05. The molecule has 0 aromatic carbocycles. The second kappa shape index (κ2) is 4.51. The number of rotatable bonds is 4. The maximum Gasteiger partial charge on any atom is 0.321 e. The number of hydrogen-bond acceptors (Lipinski definition) is 6. The maximum atomic E-state index is 10.8. The Balaban J connectivity index is 3.41. The summed E-state index contributed by atoms with van der Waals surface area (Å²) in [5.74, 6) is 0.0515. The Bertz CT molecular complexity index is 446. The number of anilines is 1. The van der Waals surface area contributed by atoms with E-state index in [1.165, 1.54) is 6.92 Å². The van der Waals surface area contributed by atoms with E-state index in [-0.39, 0.29) is 22.8 Å². The molecule has 0 saturated carbocycles. The molecular formula is C8H10N4O4. The van der Waals surface area contributed by atoms with Gasteiger partial charge in [0.25, 0.3) is 5.69 Å². The summed E-state index contributed by atoms with van der Waals surface area (Å²) in [7, 11) is 0. The quantitative estimate of drug-likeness (QED) is 0.616. The highest BCUT2D eigenvalue weighted by Crippen LogP contribution is 2.32. The van der Waals surface area contributed by atoms with E-state index >= 15 is 0 Å². The highest BCUT2D eigenvalue weighted by Gasteiger charge is 2.26. The summed E-state index contributed by atoms with van der Waals surface area (Å²) in [6.45, 7) is 3.53. The number of nitro groups is 2. The highest BCUT2D eigenvalue weighted by molar-refractivity contribution is 5.65. The summed E-state index contributed by atoms with van der Waals surface area (Å²) >= 11 is 0. The zero-order valence-corrected chi connectivity index (χ0v) is 8.76. The fourth-order valence-corrected chi connectivity index (χ4v) is 1.29. The molecule has 0 saturated heterocycles. The molecule has 1 aromatic heterocycles. The van der Waals surface area contributed by atoms with E-state index in [1.807, 2.05) is 0 Å². The van der Waals surface area contributed by atoms with Crippen molar-refractivity contribution >= 4 is 17.2 Å². The van der Waals surface area contributed by atoms with Gasteiger partial charge in [-0.05, 0) is 13.8 Å². The molecule has 0 amide bonds. The van der Waals surface area contributed by atoms with Crippen molar-refractivity contribution in [2.24, 2.45) is 0 Å². The average molecular weight is 226 g/mol. The van der Waals surface area contributed by atoms with Gasteiger partial charge in [-0.2, -0.15) is 0 Å². The van der Waals surface area contributed by atoms with E-state index in [2.05, 4.69) is 10.3 Å². The monoisotopic (exact) mass is 226 g/mol. The Kier molecular flexibility index (Phi) is 3.33. The van der Waals surface area contributed by atoms with E-state index in [9.17, 15) is 20.2 Å². The van der Waals surface area contributed by atoms with Crippen LogP contribution in [0.4, 0.5) is 17.2 Å². The van der Waals surface area contributed by atoms with Gasteiger partial charge in [0.05, 0.1) is 9.85 Å². The topological polar surface area (TPSA) is 111 Å². The molecule has 1 rings (SSSR count). The Labute approximate surface area is 90.6 Å². The Morgan fingerprint density at radius 2 is 2.00 bits per heavy atom. The third-order valence-corrected chi connectivity index (χ3v) is 2.00. The van der Waals surface area contributed by atoms with Gasteiger partial charge in [0.15, 0.2) is 0 Å². The summed E-state index contributed by atoms with van der Waals surface area (Å²) in [4.78, 5) is 23.7. The third kappa shape index (κ3) is 2.05. The number of pyridine rings is 1. The molecule has 0 spiro atoms. The standard InChI is InChI=1S/C8H10N4O4/c1-3-9-8-7(12(15)16)5(2)6(4-10-8)11(13)14/h4H,3H2,1-2H3,(H,9,10). The largest absolute Gasteiger partial charge is 0.365 e. The molecule has 8 heteroatoms. The molecule has 1 aromatic rings. The van der Waals surface area contributed by atoms with Crippen LogP contribution in [0.15, 0.2) is 6.20 Å². The molecule has 0 aliphatic rings. The molecule has 0 bridgehead atoms. The Morgan fingerprint density at radius 1 is 1.38 bits per heavy atom. The number of aromatic nitrogens is 1. The lowest BCUT2D eigenvalue weighted by Crippen LogP contribution is -2.06. The van der Waals surface area contributed by atoms with Gasteiger partial charge in [-0.3, -0.25) is 20.2 Å². The highest BCUT2D eigenvalue weighted by atomic mass is 16.6. The van der Waals surface area contributed by atoms with Crippen LogP contribution in [0, 0.1) is 27.2 Å². The predicted molar refractivity (Wildman–Crippen MR) is 56.4 cm³/mol. The molecule has 0 aliphatic carbocycles. The van der Waals surface area contributed by atoms with Gasteiger partial charge >= 0.3 is 5.69 Å². The SMILES string of the molecule is CCNc1ncc([N+](=O)[O-])c(C)c1[N+](=O)[O-]. The molecule has 8 nitrogen and oxygen atoms in total. The van der Waals surface area contributed by atoms with E-state index in [4.69, 9.17) is 0 Å². The van der Waals surface area contributed by atoms with E-state index in [0.29, 0.717) is 6.54 Å². The first-order valence-electron chi connectivity index (χ1n) is 4.51. The molecule has 0 aliphatic heterocycles. The van der Waals surface area contributed by atoms with Gasteiger partial charge in [-0.1, -0.05) is 0 Å². The summed E-state index contributed by atoms with van der Waals surface area (Å²) in [5.41, 5.74) is -0.703. The van der Waals surface area contributed by atoms with Crippen LogP contribution < -0.4 is 5.32 Å². The molecule has 0 fully saturated rings. The first kappa shape index (κ1) is 11.8. The minimum atomic E-state index is -0.689. The summed E-state index contributed by atoms with van der Waals surface area (Å²) < 4.78 is 0. The van der Waals surface area contributed by atoms with Gasteiger partial charge < -0.3 is 5.32 Å². The van der Waals surface area contributed by atoms with Crippen LogP contribution in [0.5, 0.6) is 0 Å². The summed E-state index contributed by atoms with van der Waals surface area (Å²) in [6.07, 6.45) is 1.01. The van der Waals surface area contributed by atoms with E-state index < -0.39 is 9.85 Å². The molecule has 86 valence electrons. The van der Waals surface area contributed by atoms with Crippen molar-refractivity contribution in [3.63, 3.8) is 0 Å². The lowest BCUT2D eigenvalue weighted by atomic mass is 10.2. The average Bonchev–Trinajstić information content (AvgIpc) is 2.17. The minimum Gasteiger partial charge on any atom is -0.365 e. The van der Waals surface area contributed by atoms with Gasteiger partial charge in [-0.15, -0.1) is 0 Å². The van der Waals surface area contributed by atoms with Crippen LogP contribution in [-0.4, -0.2) is 21.4 Å². The van der Waals surface area contributed by atoms with E-state index in [0.717, 1.165) is 6.20 Å². The lowest BCUT2D eigenvalue weighted by molar-refractivity contribution is -0.395. The van der Waals surface area contributed by atoms with E-state index in [1.54, 1.807) is 6.92 Å². The van der Waals surface area contributed by atoms with Crippen LogP contribution in [-0.2, 0) is 0 Å². The molecule has 0 unspecified atom stereocenters. The van der Waals surface area contributed by atoms with Crippen molar-refractivity contribution in [1.82, 2.24) is 4.98 Å². The van der Waals surface area contributed by atoms with Crippen LogP contribution in [0.2, 0.25) is 0 Å². The smallest absolute Gasteiger partial charge is 0.321 e. The van der Waals surface area contributed by atoms with Crippen molar-refractivity contribution in [3.8, 4) is 0 Å². The summed E-state index contributed by atoms with van der Waals surface area (Å²) in [5, 5.41) is 24.1. The molecule has 0 atom stereocenters. The normalized spacial score (nSPS) is 9.88. The maximum absolute atomic E-state index is 10.8. The second-order valence-corrected chi connectivity index (χ2v) is 3.01. The summed E-state index contributed by atoms with van der Waals surface area (Å²) in [6, 6.07) is 0. The van der Waals surface area contributed by atoms with Crippen molar-refractivity contribution < 1.29 is 9.85 Å². The van der Waals surface area contributed by atoms with Crippen molar-refractivity contribution in [1.29, 1.82) is 0 Å². The van der Waals surface area contributed by atoms with Crippen molar-refractivity contribution in [2.75, 3.05) is 11.9 Å². The number of nitrogens with one attached hydrogen (secondary N) is 1. The van der Waals surface area contributed by atoms with Crippen molar-refractivity contribution in [2.45, 2.75) is 13.8 Å². The zero-order valence-electron chi connectivity index (χ0n) is 8.76. The molecule has 1 heterocycles. The fraction of sp³-hybridized carbons (Fsp3) is 0.375. The Hall–Kier alpha value is -2.25. The number of nitrogens with zero attached hydrogens (tertiary/aromatic N) is 3. The first-order valence-corrected chi connectivity index (χ1v) is 4.51. The zero-order chi connectivity index (χ0) is 12.3. The van der Waals surface area contributed by atoms with Crippen molar-refractivity contribution in [3.05, 3.63) is 32.0 Å². The van der Waals surface area contributed by atoms with Crippen LogP contribution in [0.1, 0.15) is 12.5 Å². The molecule has 1 N–H and O–H groups in total. The Morgan fingerprint density at radius 3 is 2.44 bits per heavy atom. The van der Waals surface area contributed by atoms with Gasteiger partial charge in [0, 0.05) is 6.54 Å². The van der Waals surface area contributed by atoms with Gasteiger partial charge in [0.1, 0.15) is 11.8 Å². The van der Waals surface area contributed by atoms with Gasteiger partial charge in [-0.25, -0.2) is 4.98 Å². The van der Waals surface area contributed by atoms with Crippen LogP contribution in [0.25, 0.3) is 0 Å². The molecular weight excluding hydrogens is 216 g/mol. The third-order valence-electron chi connectivity index (χ3n) is 2.00.